The highest BCUT2D eigenvalue weighted by Gasteiger charge is 2.17. The molecule has 52 valence electrons. The molecule has 0 aromatic heterocycles. The van der Waals surface area contributed by atoms with Crippen LogP contribution in [0.1, 0.15) is 0 Å². The highest BCUT2D eigenvalue weighted by atomic mass is 16.8. The van der Waals surface area contributed by atoms with Crippen molar-refractivity contribution in [1.82, 2.24) is 10.1 Å². The third-order valence-electron chi connectivity index (χ3n) is 1.29. The molecule has 0 saturated carbocycles. The molecule has 0 spiro atoms. The molecule has 0 aliphatic carbocycles. The molecule has 0 aromatic rings. The molecule has 2 rings (SSSR count). The van der Waals surface area contributed by atoms with Crippen molar-refractivity contribution < 1.29 is 4.94 Å². The summed E-state index contributed by atoms with van der Waals surface area (Å²) >= 11 is 0. The van der Waals surface area contributed by atoms with Crippen molar-refractivity contribution in [2.45, 2.75) is 0 Å². The van der Waals surface area contributed by atoms with Gasteiger partial charge in [-0.25, -0.2) is 10.1 Å². The fourth-order valence-corrected chi connectivity index (χ4v) is 0.875. The van der Waals surface area contributed by atoms with Gasteiger partial charge in [0.15, 0.2) is 0 Å². The summed E-state index contributed by atoms with van der Waals surface area (Å²) < 4.78 is 0. The second-order valence-electron chi connectivity index (χ2n) is 2.09. The summed E-state index contributed by atoms with van der Waals surface area (Å²) in [5.41, 5.74) is 0.998. The maximum Gasteiger partial charge on any atom is 0.124 e. The molecule has 0 atom stereocenters. The first-order chi connectivity index (χ1) is 4.86. The monoisotopic (exact) mass is 137 g/mol. The van der Waals surface area contributed by atoms with E-state index >= 15 is 0 Å². The van der Waals surface area contributed by atoms with Gasteiger partial charge >= 0.3 is 0 Å². The van der Waals surface area contributed by atoms with Crippen LogP contribution in [0.2, 0.25) is 0 Å². The van der Waals surface area contributed by atoms with Crippen LogP contribution in [0.5, 0.6) is 0 Å². The number of hydrogen-bond acceptors (Lipinski definition) is 4. The number of fused-ring (bicyclic) bond motifs is 1. The molecule has 0 fully saturated rings. The van der Waals surface area contributed by atoms with Gasteiger partial charge in [0, 0.05) is 13.2 Å². The zero-order valence-electron chi connectivity index (χ0n) is 5.56. The number of hydroxylamine groups is 4. The second kappa shape index (κ2) is 1.85. The summed E-state index contributed by atoms with van der Waals surface area (Å²) in [4.78, 5) is 9.02. The molecule has 0 amide bonds. The molecule has 0 radical (unpaired) electrons. The predicted octanol–water partition coefficient (Wildman–Crippen LogP) is 0.477. The normalized spacial score (nSPS) is 21.5. The van der Waals surface area contributed by atoms with Gasteiger partial charge in [-0.05, 0) is 6.08 Å². The van der Waals surface area contributed by atoms with Gasteiger partial charge in [-0.2, -0.15) is 5.06 Å². The fourth-order valence-electron chi connectivity index (χ4n) is 0.875. The molecule has 0 unspecified atom stereocenters. The van der Waals surface area contributed by atoms with Crippen molar-refractivity contribution in [2.24, 2.45) is 4.99 Å². The number of nitrogens with zero attached hydrogens (tertiary/aromatic N) is 3. The molecule has 4 heteroatoms. The van der Waals surface area contributed by atoms with E-state index in [0.29, 0.717) is 0 Å². The lowest BCUT2D eigenvalue weighted by molar-refractivity contribution is -0.209. The van der Waals surface area contributed by atoms with Gasteiger partial charge in [0.2, 0.25) is 0 Å². The minimum absolute atomic E-state index is 0.998. The van der Waals surface area contributed by atoms with Gasteiger partial charge < -0.3 is 0 Å². The number of hydrogen-bond donors (Lipinski definition) is 0. The van der Waals surface area contributed by atoms with E-state index in [9.17, 15) is 0 Å². The van der Waals surface area contributed by atoms with E-state index in [2.05, 4.69) is 4.99 Å². The van der Waals surface area contributed by atoms with E-state index in [1.165, 1.54) is 0 Å². The summed E-state index contributed by atoms with van der Waals surface area (Å²) in [6.45, 7) is 0. The Balaban J connectivity index is 2.29. The molecule has 0 aromatic carbocycles. The van der Waals surface area contributed by atoms with Gasteiger partial charge in [-0.15, -0.1) is 4.94 Å². The van der Waals surface area contributed by atoms with Crippen molar-refractivity contribution >= 4 is 6.34 Å². The van der Waals surface area contributed by atoms with Crippen LogP contribution in [0.25, 0.3) is 0 Å². The summed E-state index contributed by atoms with van der Waals surface area (Å²) in [7, 11) is 1.83. The van der Waals surface area contributed by atoms with Gasteiger partial charge in [-0.1, -0.05) is 0 Å². The molecule has 0 bridgehead atoms. The number of rotatable bonds is 0. The molecule has 10 heavy (non-hydrogen) atoms. The molecular weight excluding hydrogens is 130 g/mol. The standard InChI is InChI=1S/C6H7N3O/c1-8-4-6-2-3-7-5-9(6)10-8/h2-5H,1H3. The molecular formula is C6H7N3O. The lowest BCUT2D eigenvalue weighted by Crippen LogP contribution is -2.20. The highest BCUT2D eigenvalue weighted by molar-refractivity contribution is 5.61. The van der Waals surface area contributed by atoms with E-state index in [1.54, 1.807) is 22.7 Å². The highest BCUT2D eigenvalue weighted by Crippen LogP contribution is 2.16. The zero-order chi connectivity index (χ0) is 6.97. The van der Waals surface area contributed by atoms with Crippen LogP contribution in [0.15, 0.2) is 29.2 Å². The van der Waals surface area contributed by atoms with Crippen LogP contribution in [-0.4, -0.2) is 23.5 Å². The Morgan fingerprint density at radius 1 is 1.60 bits per heavy atom. The molecule has 2 aliphatic heterocycles. The average Bonchev–Trinajstić information content (AvgIpc) is 2.27. The Morgan fingerprint density at radius 2 is 2.50 bits per heavy atom. The Hall–Kier alpha value is -1.29. The SMILES string of the molecule is CN1C=C2C=CN=CN2O1. The Labute approximate surface area is 58.6 Å². The Bertz CT molecular complexity index is 231. The lowest BCUT2D eigenvalue weighted by Gasteiger charge is -2.14. The topological polar surface area (TPSA) is 28.1 Å². The van der Waals surface area contributed by atoms with Crippen molar-refractivity contribution in [1.29, 1.82) is 0 Å². The van der Waals surface area contributed by atoms with E-state index in [-0.39, 0.29) is 0 Å². The van der Waals surface area contributed by atoms with Crippen molar-refractivity contribution in [3.8, 4) is 0 Å². The quantitative estimate of drug-likeness (QED) is 0.486. The summed E-state index contributed by atoms with van der Waals surface area (Å²) in [6, 6.07) is 0. The van der Waals surface area contributed by atoms with Crippen LogP contribution >= 0.6 is 0 Å². The maximum atomic E-state index is 5.14. The van der Waals surface area contributed by atoms with Gasteiger partial charge in [0.1, 0.15) is 6.34 Å². The minimum Gasteiger partial charge on any atom is -0.244 e. The smallest absolute Gasteiger partial charge is 0.124 e. The number of aliphatic imine (C=N–C) groups is 1. The Morgan fingerprint density at radius 3 is 3.30 bits per heavy atom. The van der Waals surface area contributed by atoms with Crippen LogP contribution in [0, 0.1) is 0 Å². The summed E-state index contributed by atoms with van der Waals surface area (Å²) in [5, 5.41) is 3.22. The summed E-state index contributed by atoms with van der Waals surface area (Å²) in [6.07, 6.45) is 7.10. The van der Waals surface area contributed by atoms with Crippen LogP contribution in [-0.2, 0) is 4.94 Å². The first kappa shape index (κ1) is 5.49. The first-order valence-corrected chi connectivity index (χ1v) is 2.98. The van der Waals surface area contributed by atoms with E-state index < -0.39 is 0 Å². The van der Waals surface area contributed by atoms with Gasteiger partial charge in [0.05, 0.1) is 11.9 Å². The second-order valence-corrected chi connectivity index (χ2v) is 2.09. The largest absolute Gasteiger partial charge is 0.244 e. The van der Waals surface area contributed by atoms with E-state index in [1.807, 2.05) is 19.3 Å². The number of allylic oxidation sites excluding steroid dienone is 1. The predicted molar refractivity (Wildman–Crippen MR) is 36.4 cm³/mol. The van der Waals surface area contributed by atoms with Gasteiger partial charge in [-0.3, -0.25) is 0 Å². The lowest BCUT2D eigenvalue weighted by atomic mass is 10.4. The van der Waals surface area contributed by atoms with E-state index in [0.717, 1.165) is 5.70 Å². The molecule has 2 heterocycles. The fraction of sp³-hybridized carbons (Fsp3) is 0.167. The van der Waals surface area contributed by atoms with Crippen LogP contribution in [0.4, 0.5) is 0 Å². The van der Waals surface area contributed by atoms with Crippen LogP contribution in [0.3, 0.4) is 0 Å². The van der Waals surface area contributed by atoms with Gasteiger partial charge in [0.25, 0.3) is 0 Å². The first-order valence-electron chi connectivity index (χ1n) is 2.98. The minimum atomic E-state index is 0.998. The third kappa shape index (κ3) is 0.698. The maximum absolute atomic E-state index is 5.14. The van der Waals surface area contributed by atoms with Crippen LogP contribution < -0.4 is 0 Å². The Kier molecular flexibility index (Phi) is 1.01. The van der Waals surface area contributed by atoms with Crippen molar-refractivity contribution in [2.75, 3.05) is 7.05 Å². The van der Waals surface area contributed by atoms with Crippen molar-refractivity contribution in [3.05, 3.63) is 24.2 Å². The van der Waals surface area contributed by atoms with E-state index in [4.69, 9.17) is 4.94 Å². The molecule has 2 aliphatic rings. The molecule has 0 N–H and O–H groups in total. The third-order valence-corrected chi connectivity index (χ3v) is 1.29. The molecule has 4 nitrogen and oxygen atoms in total. The zero-order valence-corrected chi connectivity index (χ0v) is 5.56. The van der Waals surface area contributed by atoms with Crippen molar-refractivity contribution in [3.63, 3.8) is 0 Å². The summed E-state index contributed by atoms with van der Waals surface area (Å²) in [5.74, 6) is 0. The average molecular weight is 137 g/mol. The molecule has 0 saturated heterocycles.